The Balaban J connectivity index is 3.16. The number of ether oxygens (including phenoxy) is 1. The minimum Gasteiger partial charge on any atom is -0.383 e. The predicted molar refractivity (Wildman–Crippen MR) is 73.7 cm³/mol. The molecule has 0 fully saturated rings. The molecule has 3 nitrogen and oxygen atoms in total. The van der Waals surface area contributed by atoms with E-state index in [1.807, 2.05) is 18.7 Å². The Bertz CT molecular complexity index is 435. The third-order valence-electron chi connectivity index (χ3n) is 3.22. The highest BCUT2D eigenvalue weighted by atomic mass is 19.4. The van der Waals surface area contributed by atoms with Crippen LogP contribution in [0.4, 0.5) is 18.9 Å². The molecule has 0 radical (unpaired) electrons. The molecule has 0 aliphatic heterocycles. The molecule has 0 saturated heterocycles. The maximum Gasteiger partial charge on any atom is 0.416 e. The van der Waals surface area contributed by atoms with Gasteiger partial charge in [0.2, 0.25) is 0 Å². The van der Waals surface area contributed by atoms with Crippen molar-refractivity contribution in [3.05, 3.63) is 29.3 Å². The summed E-state index contributed by atoms with van der Waals surface area (Å²) >= 11 is 0. The molecule has 0 aliphatic carbocycles. The van der Waals surface area contributed by atoms with E-state index in [0.717, 1.165) is 17.8 Å². The van der Waals surface area contributed by atoms with Gasteiger partial charge in [-0.3, -0.25) is 0 Å². The molecule has 0 spiro atoms. The van der Waals surface area contributed by atoms with Crippen molar-refractivity contribution in [1.29, 1.82) is 0 Å². The van der Waals surface area contributed by atoms with E-state index in [9.17, 15) is 13.2 Å². The third-order valence-corrected chi connectivity index (χ3v) is 3.22. The Morgan fingerprint density at radius 1 is 1.35 bits per heavy atom. The summed E-state index contributed by atoms with van der Waals surface area (Å²) in [6.07, 6.45) is -4.35. The van der Waals surface area contributed by atoms with Crippen LogP contribution in [0.3, 0.4) is 0 Å². The van der Waals surface area contributed by atoms with Crippen molar-refractivity contribution >= 4 is 5.69 Å². The zero-order chi connectivity index (χ0) is 15.3. The second-order valence-corrected chi connectivity index (χ2v) is 4.64. The number of nitrogens with two attached hydrogens (primary N) is 1. The van der Waals surface area contributed by atoms with Gasteiger partial charge in [-0.15, -0.1) is 0 Å². The van der Waals surface area contributed by atoms with Crippen molar-refractivity contribution in [3.8, 4) is 0 Å². The van der Waals surface area contributed by atoms with Gasteiger partial charge in [0, 0.05) is 31.9 Å². The Morgan fingerprint density at radius 3 is 2.45 bits per heavy atom. The lowest BCUT2D eigenvalue weighted by atomic mass is 10.1. The van der Waals surface area contributed by atoms with Gasteiger partial charge in [0.1, 0.15) is 0 Å². The Morgan fingerprint density at radius 2 is 2.00 bits per heavy atom. The predicted octanol–water partition coefficient (Wildman–Crippen LogP) is 3.03. The summed E-state index contributed by atoms with van der Waals surface area (Å²) in [7, 11) is 1.60. The topological polar surface area (TPSA) is 38.5 Å². The number of hydrogen-bond donors (Lipinski definition) is 1. The molecule has 0 aliphatic rings. The van der Waals surface area contributed by atoms with Crippen LogP contribution < -0.4 is 10.6 Å². The average molecular weight is 290 g/mol. The molecule has 0 aromatic heterocycles. The van der Waals surface area contributed by atoms with E-state index in [2.05, 4.69) is 0 Å². The fourth-order valence-electron chi connectivity index (χ4n) is 2.26. The molecule has 20 heavy (non-hydrogen) atoms. The quantitative estimate of drug-likeness (QED) is 0.875. The highest BCUT2D eigenvalue weighted by Crippen LogP contribution is 2.33. The Hall–Kier alpha value is -1.27. The van der Waals surface area contributed by atoms with Crippen LogP contribution in [0.15, 0.2) is 18.2 Å². The number of rotatable bonds is 6. The van der Waals surface area contributed by atoms with Gasteiger partial charge in [-0.1, -0.05) is 0 Å². The first-order valence-corrected chi connectivity index (χ1v) is 6.50. The van der Waals surface area contributed by atoms with Gasteiger partial charge in [-0.2, -0.15) is 13.2 Å². The highest BCUT2D eigenvalue weighted by molar-refractivity contribution is 5.56. The van der Waals surface area contributed by atoms with Gasteiger partial charge in [0.05, 0.1) is 12.2 Å². The second-order valence-electron chi connectivity index (χ2n) is 4.64. The van der Waals surface area contributed by atoms with E-state index in [1.54, 1.807) is 7.11 Å². The van der Waals surface area contributed by atoms with Gasteiger partial charge in [-0.25, -0.2) is 0 Å². The molecule has 1 aromatic rings. The molecule has 0 heterocycles. The van der Waals surface area contributed by atoms with Crippen molar-refractivity contribution < 1.29 is 17.9 Å². The van der Waals surface area contributed by atoms with Crippen LogP contribution in [-0.4, -0.2) is 26.3 Å². The fraction of sp³-hybridized carbons (Fsp3) is 0.571. The molecule has 1 atom stereocenters. The summed E-state index contributed by atoms with van der Waals surface area (Å²) in [5, 5.41) is 0. The molecule has 0 bridgehead atoms. The number of anilines is 1. The van der Waals surface area contributed by atoms with Gasteiger partial charge in [-0.05, 0) is 37.6 Å². The Kier molecular flexibility index (Phi) is 5.83. The molecule has 1 aromatic carbocycles. The lowest BCUT2D eigenvalue weighted by Gasteiger charge is -2.31. The van der Waals surface area contributed by atoms with Crippen LogP contribution >= 0.6 is 0 Å². The summed E-state index contributed by atoms with van der Waals surface area (Å²) in [5.74, 6) is 0. The van der Waals surface area contributed by atoms with Gasteiger partial charge in [0.25, 0.3) is 0 Å². The van der Waals surface area contributed by atoms with Crippen molar-refractivity contribution in [3.63, 3.8) is 0 Å². The van der Waals surface area contributed by atoms with Crippen LogP contribution in [0.5, 0.6) is 0 Å². The van der Waals surface area contributed by atoms with Crippen LogP contribution in [0.25, 0.3) is 0 Å². The number of nitrogens with zero attached hydrogens (tertiary/aromatic N) is 1. The normalized spacial score (nSPS) is 13.3. The van der Waals surface area contributed by atoms with Crippen molar-refractivity contribution in [2.24, 2.45) is 5.73 Å². The fourth-order valence-corrected chi connectivity index (χ4v) is 2.26. The number of benzene rings is 1. The first-order chi connectivity index (χ1) is 9.35. The molecular weight excluding hydrogens is 269 g/mol. The van der Waals surface area contributed by atoms with E-state index in [4.69, 9.17) is 10.5 Å². The number of hydrogen-bond acceptors (Lipinski definition) is 3. The number of halogens is 3. The van der Waals surface area contributed by atoms with E-state index >= 15 is 0 Å². The van der Waals surface area contributed by atoms with Crippen LogP contribution in [0.1, 0.15) is 25.0 Å². The minimum absolute atomic E-state index is 0.0621. The van der Waals surface area contributed by atoms with Crippen LogP contribution in [0.2, 0.25) is 0 Å². The maximum atomic E-state index is 12.7. The SMILES string of the molecule is CCN(c1ccc(C(F)(F)F)cc1CN)C(C)COC. The van der Waals surface area contributed by atoms with Crippen molar-refractivity contribution in [2.75, 3.05) is 25.2 Å². The first-order valence-electron chi connectivity index (χ1n) is 6.50. The van der Waals surface area contributed by atoms with Gasteiger partial charge < -0.3 is 15.4 Å². The zero-order valence-electron chi connectivity index (χ0n) is 12.0. The lowest BCUT2D eigenvalue weighted by molar-refractivity contribution is -0.137. The summed E-state index contributed by atoms with van der Waals surface area (Å²) < 4.78 is 43.3. The molecule has 6 heteroatoms. The minimum atomic E-state index is -4.35. The van der Waals surface area contributed by atoms with Gasteiger partial charge >= 0.3 is 6.18 Å². The summed E-state index contributed by atoms with van der Waals surface area (Å²) in [6.45, 7) is 5.15. The lowest BCUT2D eigenvalue weighted by Crippen LogP contribution is -2.37. The largest absolute Gasteiger partial charge is 0.416 e. The molecule has 0 saturated carbocycles. The third kappa shape index (κ3) is 3.86. The van der Waals surface area contributed by atoms with Crippen molar-refractivity contribution in [2.45, 2.75) is 32.6 Å². The molecular formula is C14H21F3N2O. The summed E-state index contributed by atoms with van der Waals surface area (Å²) in [6, 6.07) is 3.77. The smallest absolute Gasteiger partial charge is 0.383 e. The Labute approximate surface area is 117 Å². The molecule has 114 valence electrons. The monoisotopic (exact) mass is 290 g/mol. The molecule has 2 N–H and O–H groups in total. The van der Waals surface area contributed by atoms with E-state index < -0.39 is 11.7 Å². The highest BCUT2D eigenvalue weighted by Gasteiger charge is 2.31. The van der Waals surface area contributed by atoms with Gasteiger partial charge in [0.15, 0.2) is 0 Å². The zero-order valence-corrected chi connectivity index (χ0v) is 12.0. The van der Waals surface area contributed by atoms with E-state index in [-0.39, 0.29) is 12.6 Å². The first kappa shape index (κ1) is 16.8. The number of alkyl halides is 3. The van der Waals surface area contributed by atoms with Crippen LogP contribution in [-0.2, 0) is 17.5 Å². The van der Waals surface area contributed by atoms with E-state index in [1.165, 1.54) is 6.07 Å². The average Bonchev–Trinajstić information content (AvgIpc) is 2.39. The summed E-state index contributed by atoms with van der Waals surface area (Å²) in [4.78, 5) is 1.99. The molecule has 0 amide bonds. The van der Waals surface area contributed by atoms with Crippen LogP contribution in [0, 0.1) is 0 Å². The van der Waals surface area contributed by atoms with E-state index in [0.29, 0.717) is 18.7 Å². The summed E-state index contributed by atoms with van der Waals surface area (Å²) in [5.41, 5.74) is 6.15. The second kappa shape index (κ2) is 6.95. The maximum absolute atomic E-state index is 12.7. The molecule has 1 unspecified atom stereocenters. The number of likely N-dealkylation sites (N-methyl/N-ethyl adjacent to an activating group) is 1. The standard InChI is InChI=1S/C14H21F3N2O/c1-4-19(10(2)9-20-3)13-6-5-12(14(15,16)17)7-11(13)8-18/h5-7,10H,4,8-9,18H2,1-3H3. The molecule has 1 rings (SSSR count). The number of methoxy groups -OCH3 is 1. The van der Waals surface area contributed by atoms with Crippen molar-refractivity contribution in [1.82, 2.24) is 0 Å².